The first-order valence-electron chi connectivity index (χ1n) is 14.8. The molecule has 1 fully saturated rings. The normalized spacial score (nSPS) is 19.5. The Balaban J connectivity index is 1.17. The molecular weight excluding hydrogens is 558 g/mol. The van der Waals surface area contributed by atoms with Gasteiger partial charge in [0.2, 0.25) is 12.5 Å². The number of likely N-dealkylation sites (tertiary alicyclic amines) is 1. The van der Waals surface area contributed by atoms with Gasteiger partial charge in [0.1, 0.15) is 0 Å². The van der Waals surface area contributed by atoms with Gasteiger partial charge in [-0.2, -0.15) is 4.98 Å². The summed E-state index contributed by atoms with van der Waals surface area (Å²) in [7, 11) is 4.04. The van der Waals surface area contributed by atoms with Gasteiger partial charge >= 0.3 is 0 Å². The van der Waals surface area contributed by atoms with Gasteiger partial charge in [0, 0.05) is 41.1 Å². The summed E-state index contributed by atoms with van der Waals surface area (Å²) in [4.78, 5) is 25.9. The highest BCUT2D eigenvalue weighted by Gasteiger charge is 2.37. The van der Waals surface area contributed by atoms with Crippen molar-refractivity contribution in [3.8, 4) is 0 Å². The van der Waals surface area contributed by atoms with Crippen LogP contribution < -0.4 is 5.32 Å². The molecule has 43 heavy (non-hydrogen) atoms. The van der Waals surface area contributed by atoms with E-state index in [-0.39, 0.29) is 17.4 Å². The maximum absolute atomic E-state index is 13.1. The molecule has 0 spiro atoms. The van der Waals surface area contributed by atoms with Crippen LogP contribution in [0, 0.1) is 6.57 Å². The van der Waals surface area contributed by atoms with E-state index in [1.165, 1.54) is 5.57 Å². The highest BCUT2D eigenvalue weighted by molar-refractivity contribution is 6.30. The van der Waals surface area contributed by atoms with E-state index in [1.807, 2.05) is 60.6 Å². The van der Waals surface area contributed by atoms with Gasteiger partial charge in [-0.3, -0.25) is 4.79 Å². The Labute approximate surface area is 257 Å². The Kier molecular flexibility index (Phi) is 8.20. The number of carbonyl (C=O) groups is 1. The van der Waals surface area contributed by atoms with Crippen molar-refractivity contribution in [3.63, 3.8) is 0 Å². The topological polar surface area (TPSA) is 70.1 Å². The molecule has 8 nitrogen and oxygen atoms in total. The van der Waals surface area contributed by atoms with Gasteiger partial charge in [-0.05, 0) is 112 Å². The number of allylic oxidation sites excluding steroid dienone is 2. The van der Waals surface area contributed by atoms with Crippen molar-refractivity contribution < 1.29 is 4.79 Å². The summed E-state index contributed by atoms with van der Waals surface area (Å²) in [6.45, 7) is 10.1. The van der Waals surface area contributed by atoms with Gasteiger partial charge < -0.3 is 20.0 Å². The molecule has 1 aliphatic carbocycles. The molecule has 0 bridgehead atoms. The number of fused-ring (bicyclic) bond motifs is 1. The quantitative estimate of drug-likeness (QED) is 0.241. The molecule has 220 valence electrons. The molecule has 1 atom stereocenters. The molecule has 0 radical (unpaired) electrons. The summed E-state index contributed by atoms with van der Waals surface area (Å²) in [5.74, 6) is 0.545. The lowest BCUT2D eigenvalue weighted by Gasteiger charge is -2.35. The van der Waals surface area contributed by atoms with Crippen molar-refractivity contribution in [2.75, 3.05) is 39.0 Å². The molecule has 3 heterocycles. The zero-order chi connectivity index (χ0) is 30.0. The number of nitrogens with zero attached hydrogens (tertiary/aromatic N) is 6. The predicted octanol–water partition coefficient (Wildman–Crippen LogP) is 6.72. The SMILES string of the molecule is [C-]#[N+]CC1(c2ccc(Cl)cc2)CC=C(c2cccn3nc(Nc4ccc(C(=O)N(C)C5CCN(C)CC5)cc4)nc23)CC1. The second-order valence-corrected chi connectivity index (χ2v) is 12.3. The molecule has 1 aliphatic heterocycles. The lowest BCUT2D eigenvalue weighted by Crippen LogP contribution is -2.44. The van der Waals surface area contributed by atoms with Crippen molar-refractivity contribution in [1.29, 1.82) is 0 Å². The van der Waals surface area contributed by atoms with Crippen LogP contribution in [0.15, 0.2) is 72.9 Å². The van der Waals surface area contributed by atoms with Gasteiger partial charge in [0.15, 0.2) is 5.65 Å². The van der Waals surface area contributed by atoms with Crippen LogP contribution in [0.5, 0.6) is 0 Å². The van der Waals surface area contributed by atoms with Crippen LogP contribution in [0.1, 0.15) is 53.6 Å². The van der Waals surface area contributed by atoms with Crippen molar-refractivity contribution >= 4 is 40.4 Å². The summed E-state index contributed by atoms with van der Waals surface area (Å²) in [5.41, 5.74) is 5.50. The van der Waals surface area contributed by atoms with Crippen molar-refractivity contribution in [2.45, 2.75) is 43.6 Å². The third-order valence-electron chi connectivity index (χ3n) is 9.10. The van der Waals surface area contributed by atoms with Crippen molar-refractivity contribution in [1.82, 2.24) is 24.4 Å². The number of anilines is 2. The molecule has 0 saturated carbocycles. The molecule has 1 unspecified atom stereocenters. The molecule has 1 N–H and O–H groups in total. The number of halogens is 1. The first-order chi connectivity index (χ1) is 20.8. The Morgan fingerprint density at radius 2 is 1.88 bits per heavy atom. The molecule has 1 saturated heterocycles. The molecule has 6 rings (SSSR count). The minimum atomic E-state index is -0.212. The van der Waals surface area contributed by atoms with Crippen LogP contribution in [0.2, 0.25) is 5.02 Å². The van der Waals surface area contributed by atoms with Crippen LogP contribution in [0.4, 0.5) is 11.6 Å². The van der Waals surface area contributed by atoms with E-state index in [9.17, 15) is 4.79 Å². The minimum absolute atomic E-state index is 0.0498. The first-order valence-corrected chi connectivity index (χ1v) is 15.2. The smallest absolute Gasteiger partial charge is 0.253 e. The number of hydrogen-bond donors (Lipinski definition) is 1. The second-order valence-electron chi connectivity index (χ2n) is 11.8. The van der Waals surface area contributed by atoms with Gasteiger partial charge in [0.25, 0.3) is 5.91 Å². The van der Waals surface area contributed by atoms with Crippen LogP contribution in [-0.4, -0.2) is 70.1 Å². The van der Waals surface area contributed by atoms with Gasteiger partial charge in [0.05, 0.1) is 5.41 Å². The van der Waals surface area contributed by atoms with Crippen LogP contribution in [0.3, 0.4) is 0 Å². The fourth-order valence-corrected chi connectivity index (χ4v) is 6.51. The van der Waals surface area contributed by atoms with E-state index in [1.54, 1.807) is 4.52 Å². The summed E-state index contributed by atoms with van der Waals surface area (Å²) in [5, 5.41) is 8.68. The number of amides is 1. The van der Waals surface area contributed by atoms with Crippen LogP contribution in [-0.2, 0) is 5.41 Å². The Hall–Kier alpha value is -4.19. The van der Waals surface area contributed by atoms with E-state index in [0.29, 0.717) is 23.1 Å². The average molecular weight is 594 g/mol. The number of hydrogen-bond acceptors (Lipinski definition) is 5. The van der Waals surface area contributed by atoms with E-state index in [0.717, 1.165) is 67.7 Å². The van der Waals surface area contributed by atoms with Gasteiger partial charge in [-0.1, -0.05) is 29.8 Å². The molecule has 4 aromatic rings. The Morgan fingerprint density at radius 1 is 1.14 bits per heavy atom. The third kappa shape index (κ3) is 6.01. The Bertz CT molecular complexity index is 1680. The van der Waals surface area contributed by atoms with E-state index in [2.05, 4.69) is 51.5 Å². The summed E-state index contributed by atoms with van der Waals surface area (Å²) < 4.78 is 1.80. The summed E-state index contributed by atoms with van der Waals surface area (Å²) in [6.07, 6.45) is 8.67. The second kappa shape index (κ2) is 12.2. The highest BCUT2D eigenvalue weighted by Crippen LogP contribution is 2.42. The molecule has 9 heteroatoms. The Morgan fingerprint density at radius 3 is 2.56 bits per heavy atom. The number of rotatable bonds is 7. The molecule has 2 aromatic carbocycles. The zero-order valence-electron chi connectivity index (χ0n) is 24.6. The molecular formula is C34H36ClN7O. The largest absolute Gasteiger partial charge is 0.339 e. The number of pyridine rings is 1. The van der Waals surface area contributed by atoms with Gasteiger partial charge in [-0.15, -0.1) is 5.10 Å². The molecule has 2 aliphatic rings. The highest BCUT2D eigenvalue weighted by atomic mass is 35.5. The fourth-order valence-electron chi connectivity index (χ4n) is 6.38. The third-order valence-corrected chi connectivity index (χ3v) is 9.35. The first kappa shape index (κ1) is 28.9. The van der Waals surface area contributed by atoms with E-state index < -0.39 is 0 Å². The van der Waals surface area contributed by atoms with E-state index in [4.69, 9.17) is 23.2 Å². The monoisotopic (exact) mass is 593 g/mol. The molecule has 2 aromatic heterocycles. The number of carbonyl (C=O) groups excluding carboxylic acids is 1. The fraction of sp³-hybridized carbons (Fsp3) is 0.353. The number of benzene rings is 2. The van der Waals surface area contributed by atoms with E-state index >= 15 is 0 Å². The van der Waals surface area contributed by atoms with Crippen molar-refractivity contribution in [2.24, 2.45) is 0 Å². The number of aromatic nitrogens is 3. The minimum Gasteiger partial charge on any atom is -0.339 e. The number of piperidine rings is 1. The van der Waals surface area contributed by atoms with Crippen LogP contribution >= 0.6 is 11.6 Å². The zero-order valence-corrected chi connectivity index (χ0v) is 25.4. The lowest BCUT2D eigenvalue weighted by molar-refractivity contribution is 0.0659. The molecule has 1 amide bonds. The average Bonchev–Trinajstić information content (AvgIpc) is 3.45. The number of nitrogens with one attached hydrogen (secondary N) is 1. The predicted molar refractivity (Wildman–Crippen MR) is 172 cm³/mol. The summed E-state index contributed by atoms with van der Waals surface area (Å²) in [6, 6.07) is 19.8. The van der Waals surface area contributed by atoms with Gasteiger partial charge in [-0.25, -0.2) is 11.1 Å². The lowest BCUT2D eigenvalue weighted by atomic mass is 9.69. The van der Waals surface area contributed by atoms with Crippen molar-refractivity contribution in [3.05, 3.63) is 106 Å². The van der Waals surface area contributed by atoms with Crippen LogP contribution in [0.25, 0.3) is 16.1 Å². The maximum Gasteiger partial charge on any atom is 0.253 e. The standard InChI is InChI=1S/C34H36ClN7O/c1-36-23-34(26-8-10-27(35)11-9-26)18-14-24(15-19-34)30-5-4-20-42-31(30)38-33(39-42)37-28-12-6-25(7-13-28)32(43)41(3)29-16-21-40(2)22-17-29/h4-14,20,29H,15-19,21-23H2,2-3H3,(H,37,39). The maximum atomic E-state index is 13.1. The summed E-state index contributed by atoms with van der Waals surface area (Å²) >= 11 is 6.14.